The van der Waals surface area contributed by atoms with Crippen molar-refractivity contribution in [3.05, 3.63) is 388 Å². The maximum atomic E-state index is 2.43. The Hall–Kier alpha value is -13.8. The van der Waals surface area contributed by atoms with Crippen LogP contribution in [0.2, 0.25) is 0 Å². The molecule has 107 heavy (non-hydrogen) atoms. The van der Waals surface area contributed by atoms with E-state index in [4.69, 9.17) is 0 Å². The van der Waals surface area contributed by atoms with Gasteiger partial charge in [0.2, 0.25) is 0 Å². The van der Waals surface area contributed by atoms with Crippen LogP contribution in [0.15, 0.2) is 388 Å². The molecule has 5 heteroatoms. The van der Waals surface area contributed by atoms with E-state index in [9.17, 15) is 0 Å². The average Bonchev–Trinajstić information content (AvgIpc) is 1.76. The summed E-state index contributed by atoms with van der Waals surface area (Å²) in [7, 11) is 0. The van der Waals surface area contributed by atoms with Crippen LogP contribution in [0.4, 0.5) is 0 Å². The molecular formula is C102H64N4S. The molecule has 0 radical (unpaired) electrons. The second-order valence-corrected chi connectivity index (χ2v) is 29.3. The summed E-state index contributed by atoms with van der Waals surface area (Å²) >= 11 is 1.89. The monoisotopic (exact) mass is 1380 g/mol. The van der Waals surface area contributed by atoms with E-state index in [1.54, 1.807) is 0 Å². The Balaban J connectivity index is 0.000000134. The molecule has 0 aliphatic rings. The number of rotatable bonds is 8. The number of hydrogen-bond acceptors (Lipinski definition) is 1. The Morgan fingerprint density at radius 3 is 0.916 bits per heavy atom. The van der Waals surface area contributed by atoms with Crippen LogP contribution in [0.1, 0.15) is 0 Å². The zero-order valence-corrected chi connectivity index (χ0v) is 59.0. The second kappa shape index (κ2) is 24.4. The molecule has 0 saturated carbocycles. The lowest BCUT2D eigenvalue weighted by atomic mass is 9.92. The topological polar surface area (TPSA) is 19.7 Å². The van der Waals surface area contributed by atoms with Gasteiger partial charge in [0.15, 0.2) is 0 Å². The molecule has 0 unspecified atom stereocenters. The number of aromatic nitrogens is 4. The van der Waals surface area contributed by atoms with Crippen molar-refractivity contribution >= 4 is 151 Å². The van der Waals surface area contributed by atoms with Gasteiger partial charge in [0.1, 0.15) is 0 Å². The number of thiophene rings is 1. The van der Waals surface area contributed by atoms with Gasteiger partial charge in [-0.15, -0.1) is 11.3 Å². The Bertz CT molecular complexity index is 7450. The third-order valence-electron chi connectivity index (χ3n) is 22.4. The van der Waals surface area contributed by atoms with Gasteiger partial charge in [-0.25, -0.2) is 0 Å². The normalized spacial score (nSPS) is 11.9. The van der Waals surface area contributed by atoms with Crippen LogP contribution < -0.4 is 0 Å². The number of benzene rings is 18. The molecular weight excluding hydrogens is 1310 g/mol. The number of fused-ring (bicyclic) bond motifs is 21. The smallest absolute Gasteiger partial charge is 0.0547 e. The molecule has 0 spiro atoms. The predicted molar refractivity (Wildman–Crippen MR) is 457 cm³/mol. The Morgan fingerprint density at radius 1 is 0.150 bits per heavy atom. The fourth-order valence-electron chi connectivity index (χ4n) is 17.5. The summed E-state index contributed by atoms with van der Waals surface area (Å²) < 4.78 is 12.3. The first kappa shape index (κ1) is 60.7. The summed E-state index contributed by atoms with van der Waals surface area (Å²) in [6.45, 7) is 0. The van der Waals surface area contributed by atoms with Gasteiger partial charge < -0.3 is 18.3 Å². The standard InChI is InChI=1S/C54H34N2.C48H30N2S/c1-2-12-39(13-3-1)55-53-30-25-36(35-22-27-40(28-23-35)56-51-20-10-8-18-46(51)47-19-9-11-21-52(47)56)33-49(53)50-34-38(26-31-54(50)55)37-24-29-45-43-16-5-4-14-41(43)42-15-6-7-17-44(42)48(45)32-37;1-2-11-34(12-3-1)49-44-19-8-5-14-38(44)42-29-32(24-28-45(42)49)31-21-25-35(26-22-31)50-43-18-7-4-13-37(43)39-27-23-33(30-46(39)50)36-16-10-17-41-40-15-6-9-20-47(40)51-48(36)41/h1-34H;1-30H. The zero-order valence-electron chi connectivity index (χ0n) is 58.1. The predicted octanol–water partition coefficient (Wildman–Crippen LogP) is 28.3. The van der Waals surface area contributed by atoms with E-state index in [2.05, 4.69) is 407 Å². The van der Waals surface area contributed by atoms with E-state index < -0.39 is 0 Å². The third-order valence-corrected chi connectivity index (χ3v) is 23.7. The van der Waals surface area contributed by atoms with Gasteiger partial charge in [0.05, 0.1) is 44.1 Å². The maximum Gasteiger partial charge on any atom is 0.0547 e. The highest BCUT2D eigenvalue weighted by molar-refractivity contribution is 7.26. The van der Waals surface area contributed by atoms with Crippen LogP contribution in [0.25, 0.3) is 207 Å². The quantitative estimate of drug-likeness (QED) is 0.135. The molecule has 23 rings (SSSR count). The fourth-order valence-corrected chi connectivity index (χ4v) is 18.8. The molecule has 0 aliphatic heterocycles. The summed E-state index contributed by atoms with van der Waals surface area (Å²) in [6.07, 6.45) is 0. The molecule has 0 bridgehead atoms. The van der Waals surface area contributed by atoms with Gasteiger partial charge in [-0.1, -0.05) is 261 Å². The minimum Gasteiger partial charge on any atom is -0.309 e. The van der Waals surface area contributed by atoms with Crippen LogP contribution in [-0.4, -0.2) is 18.3 Å². The minimum absolute atomic E-state index is 1.16. The molecule has 4 nitrogen and oxygen atoms in total. The van der Waals surface area contributed by atoms with Gasteiger partial charge in [-0.2, -0.15) is 0 Å². The highest BCUT2D eigenvalue weighted by Gasteiger charge is 2.21. The van der Waals surface area contributed by atoms with Crippen LogP contribution in [0, 0.1) is 0 Å². The third kappa shape index (κ3) is 9.68. The van der Waals surface area contributed by atoms with E-state index in [0.717, 1.165) is 17.1 Å². The van der Waals surface area contributed by atoms with Crippen LogP contribution in [0.5, 0.6) is 0 Å². The van der Waals surface area contributed by atoms with Crippen molar-refractivity contribution in [1.29, 1.82) is 0 Å². The molecule has 0 fully saturated rings. The Kier molecular flexibility index (Phi) is 13.8. The molecule has 498 valence electrons. The van der Waals surface area contributed by atoms with E-state index >= 15 is 0 Å². The van der Waals surface area contributed by atoms with Gasteiger partial charge in [-0.05, 0) is 204 Å². The first-order valence-corrected chi connectivity index (χ1v) is 37.6. The number of hydrogen-bond donors (Lipinski definition) is 0. The van der Waals surface area contributed by atoms with Gasteiger partial charge in [0.25, 0.3) is 0 Å². The molecule has 23 aromatic rings. The summed E-state index contributed by atoms with van der Waals surface area (Å²) in [5, 5.41) is 20.5. The molecule has 0 aliphatic carbocycles. The van der Waals surface area contributed by atoms with Crippen molar-refractivity contribution in [3.63, 3.8) is 0 Å². The van der Waals surface area contributed by atoms with Gasteiger partial charge in [0, 0.05) is 86.0 Å². The summed E-state index contributed by atoms with van der Waals surface area (Å²) in [5.41, 5.74) is 24.1. The number of para-hydroxylation sites is 6. The Morgan fingerprint density at radius 2 is 0.439 bits per heavy atom. The van der Waals surface area contributed by atoms with Crippen LogP contribution in [0.3, 0.4) is 0 Å². The first-order chi connectivity index (χ1) is 53.1. The first-order valence-electron chi connectivity index (χ1n) is 36.8. The van der Waals surface area contributed by atoms with Crippen LogP contribution >= 0.6 is 11.3 Å². The van der Waals surface area contributed by atoms with Gasteiger partial charge in [-0.3, -0.25) is 0 Å². The van der Waals surface area contributed by atoms with E-state index in [-0.39, 0.29) is 0 Å². The molecule has 18 aromatic carbocycles. The number of nitrogens with zero attached hydrogens (tertiary/aromatic N) is 4. The maximum absolute atomic E-state index is 2.43. The molecule has 0 atom stereocenters. The molecule has 5 heterocycles. The second-order valence-electron chi connectivity index (χ2n) is 28.2. The lowest BCUT2D eigenvalue weighted by Crippen LogP contribution is -1.94. The summed E-state index contributed by atoms with van der Waals surface area (Å²) in [4.78, 5) is 0. The zero-order chi connectivity index (χ0) is 70.2. The summed E-state index contributed by atoms with van der Waals surface area (Å²) in [6, 6.07) is 142. The Labute approximate surface area is 620 Å². The van der Waals surface area contributed by atoms with Crippen molar-refractivity contribution in [1.82, 2.24) is 18.3 Å². The molecule has 5 aromatic heterocycles. The van der Waals surface area contributed by atoms with E-state index in [1.807, 2.05) is 11.3 Å². The van der Waals surface area contributed by atoms with E-state index in [0.29, 0.717) is 0 Å². The molecule has 0 amide bonds. The average molecular weight is 1380 g/mol. The largest absolute Gasteiger partial charge is 0.309 e. The van der Waals surface area contributed by atoms with Crippen molar-refractivity contribution in [2.75, 3.05) is 0 Å². The lowest BCUT2D eigenvalue weighted by molar-refractivity contribution is 1.18. The van der Waals surface area contributed by atoms with Crippen molar-refractivity contribution < 1.29 is 0 Å². The van der Waals surface area contributed by atoms with Crippen molar-refractivity contribution in [2.45, 2.75) is 0 Å². The minimum atomic E-state index is 1.16. The highest BCUT2D eigenvalue weighted by atomic mass is 32.1. The lowest BCUT2D eigenvalue weighted by Gasteiger charge is -2.12. The van der Waals surface area contributed by atoms with Crippen LogP contribution in [-0.2, 0) is 0 Å². The fraction of sp³-hybridized carbons (Fsp3) is 0. The van der Waals surface area contributed by atoms with Gasteiger partial charge >= 0.3 is 0 Å². The van der Waals surface area contributed by atoms with E-state index in [1.165, 1.54) is 190 Å². The highest BCUT2D eigenvalue weighted by Crippen LogP contribution is 2.45. The SMILES string of the molecule is c1ccc(-n2c3ccc(-c4ccc(-n5c6ccccc6c6ccccc65)cc4)cc3c3cc(-c4ccc5c6ccccc6c6ccccc6c5c4)ccc32)cc1.c1ccc(-n2c3ccccc3c3cc(-c4ccc(-n5c6ccccc6c6ccc(-c7cccc8c7sc7ccccc78)cc65)cc4)ccc32)cc1. The van der Waals surface area contributed by atoms with Crippen molar-refractivity contribution in [2.24, 2.45) is 0 Å². The van der Waals surface area contributed by atoms with Crippen molar-refractivity contribution in [3.8, 4) is 67.3 Å². The molecule has 0 N–H and O–H groups in total. The summed E-state index contributed by atoms with van der Waals surface area (Å²) in [5.74, 6) is 0. The molecule has 0 saturated heterocycles.